The van der Waals surface area contributed by atoms with Gasteiger partial charge in [-0.2, -0.15) is 0 Å². The number of nitrogens with one attached hydrogen (secondary N) is 1. The molecule has 0 spiro atoms. The highest BCUT2D eigenvalue weighted by molar-refractivity contribution is 5.45. The number of pyridine rings is 1. The summed E-state index contributed by atoms with van der Waals surface area (Å²) < 4.78 is 18.9. The van der Waals surface area contributed by atoms with E-state index in [1.54, 1.807) is 24.5 Å². The second kappa shape index (κ2) is 5.69. The number of benzene rings is 1. The number of nitrogens with zero attached hydrogens (tertiary/aromatic N) is 1. The SMILES string of the molecule is COc1ccc(C(C)Nc2cncc(C)c2)c(F)c1. The van der Waals surface area contributed by atoms with E-state index >= 15 is 0 Å². The predicted molar refractivity (Wildman–Crippen MR) is 74.0 cm³/mol. The normalized spacial score (nSPS) is 12.0. The monoisotopic (exact) mass is 260 g/mol. The first-order chi connectivity index (χ1) is 9.10. The number of aryl methyl sites for hydroxylation is 1. The van der Waals surface area contributed by atoms with Crippen molar-refractivity contribution in [3.05, 3.63) is 53.6 Å². The Morgan fingerprint density at radius 3 is 2.68 bits per heavy atom. The predicted octanol–water partition coefficient (Wildman–Crippen LogP) is 3.71. The number of hydrogen-bond acceptors (Lipinski definition) is 3. The van der Waals surface area contributed by atoms with Crippen LogP contribution in [0.4, 0.5) is 10.1 Å². The molecule has 0 radical (unpaired) electrons. The summed E-state index contributed by atoms with van der Waals surface area (Å²) in [7, 11) is 1.52. The molecule has 2 aromatic rings. The van der Waals surface area contributed by atoms with Crippen molar-refractivity contribution < 1.29 is 9.13 Å². The van der Waals surface area contributed by atoms with E-state index in [0.717, 1.165) is 11.3 Å². The molecule has 0 amide bonds. The summed E-state index contributed by atoms with van der Waals surface area (Å²) in [6.45, 7) is 3.88. The minimum absolute atomic E-state index is 0.144. The van der Waals surface area contributed by atoms with Crippen molar-refractivity contribution in [2.75, 3.05) is 12.4 Å². The minimum Gasteiger partial charge on any atom is -0.497 e. The quantitative estimate of drug-likeness (QED) is 0.910. The first kappa shape index (κ1) is 13.3. The summed E-state index contributed by atoms with van der Waals surface area (Å²) in [5.74, 6) is 0.241. The molecule has 0 bridgehead atoms. The molecule has 0 aliphatic carbocycles. The van der Waals surface area contributed by atoms with Crippen LogP contribution in [0.15, 0.2) is 36.7 Å². The smallest absolute Gasteiger partial charge is 0.132 e. The van der Waals surface area contributed by atoms with Crippen molar-refractivity contribution >= 4 is 5.69 Å². The molecule has 1 aromatic heterocycles. The lowest BCUT2D eigenvalue weighted by atomic mass is 10.1. The van der Waals surface area contributed by atoms with E-state index in [1.165, 1.54) is 13.2 Å². The van der Waals surface area contributed by atoms with E-state index in [1.807, 2.05) is 19.9 Å². The molecule has 0 saturated heterocycles. The fraction of sp³-hybridized carbons (Fsp3) is 0.267. The van der Waals surface area contributed by atoms with Crippen molar-refractivity contribution in [1.29, 1.82) is 0 Å². The Morgan fingerprint density at radius 1 is 1.26 bits per heavy atom. The van der Waals surface area contributed by atoms with Gasteiger partial charge in [0.05, 0.1) is 18.8 Å². The number of aromatic nitrogens is 1. The highest BCUT2D eigenvalue weighted by Gasteiger charge is 2.11. The van der Waals surface area contributed by atoms with Crippen LogP contribution in [-0.2, 0) is 0 Å². The maximum absolute atomic E-state index is 13.9. The van der Waals surface area contributed by atoms with Crippen molar-refractivity contribution in [3.63, 3.8) is 0 Å². The van der Waals surface area contributed by atoms with Crippen LogP contribution in [0.5, 0.6) is 5.75 Å². The summed E-state index contributed by atoms with van der Waals surface area (Å²) in [5, 5.41) is 3.23. The largest absolute Gasteiger partial charge is 0.497 e. The first-order valence-electron chi connectivity index (χ1n) is 6.12. The molecule has 19 heavy (non-hydrogen) atoms. The van der Waals surface area contributed by atoms with E-state index in [2.05, 4.69) is 10.3 Å². The second-order valence-corrected chi connectivity index (χ2v) is 4.50. The zero-order valence-corrected chi connectivity index (χ0v) is 11.3. The van der Waals surface area contributed by atoms with Crippen LogP contribution in [0.1, 0.15) is 24.1 Å². The summed E-state index contributed by atoms with van der Waals surface area (Å²) in [4.78, 5) is 4.10. The maximum atomic E-state index is 13.9. The van der Waals surface area contributed by atoms with E-state index in [0.29, 0.717) is 11.3 Å². The van der Waals surface area contributed by atoms with Crippen LogP contribution in [0, 0.1) is 12.7 Å². The molecular weight excluding hydrogens is 243 g/mol. The summed E-state index contributed by atoms with van der Waals surface area (Å²) in [6.07, 6.45) is 3.51. The number of methoxy groups -OCH3 is 1. The maximum Gasteiger partial charge on any atom is 0.132 e. The van der Waals surface area contributed by atoms with Crippen LogP contribution in [0.3, 0.4) is 0 Å². The van der Waals surface area contributed by atoms with Crippen LogP contribution in [-0.4, -0.2) is 12.1 Å². The molecule has 0 aliphatic heterocycles. The minimum atomic E-state index is -0.278. The van der Waals surface area contributed by atoms with Gasteiger partial charge in [-0.3, -0.25) is 4.98 Å². The number of hydrogen-bond donors (Lipinski definition) is 1. The lowest BCUT2D eigenvalue weighted by Gasteiger charge is -2.17. The zero-order chi connectivity index (χ0) is 13.8. The van der Waals surface area contributed by atoms with Gasteiger partial charge in [0.1, 0.15) is 11.6 Å². The third kappa shape index (κ3) is 3.22. The summed E-state index contributed by atoms with van der Waals surface area (Å²) >= 11 is 0. The molecule has 4 heteroatoms. The van der Waals surface area contributed by atoms with Crippen LogP contribution >= 0.6 is 0 Å². The van der Waals surface area contributed by atoms with Crippen LogP contribution in [0.25, 0.3) is 0 Å². The highest BCUT2D eigenvalue weighted by atomic mass is 19.1. The Labute approximate surface area is 112 Å². The molecule has 3 nitrogen and oxygen atoms in total. The van der Waals surface area contributed by atoms with Gasteiger partial charge in [-0.05, 0) is 31.5 Å². The van der Waals surface area contributed by atoms with E-state index in [4.69, 9.17) is 4.74 Å². The number of ether oxygens (including phenoxy) is 1. The van der Waals surface area contributed by atoms with E-state index < -0.39 is 0 Å². The molecule has 1 unspecified atom stereocenters. The Balaban J connectivity index is 2.18. The van der Waals surface area contributed by atoms with Gasteiger partial charge in [0.15, 0.2) is 0 Å². The molecular formula is C15H17FN2O. The van der Waals surface area contributed by atoms with Gasteiger partial charge in [-0.15, -0.1) is 0 Å². The molecule has 0 aliphatic rings. The lowest BCUT2D eigenvalue weighted by Crippen LogP contribution is -2.09. The molecule has 1 aromatic carbocycles. The molecule has 0 saturated carbocycles. The number of halogens is 1. The highest BCUT2D eigenvalue weighted by Crippen LogP contribution is 2.24. The van der Waals surface area contributed by atoms with E-state index in [9.17, 15) is 4.39 Å². The van der Waals surface area contributed by atoms with Crippen molar-refractivity contribution in [1.82, 2.24) is 4.98 Å². The van der Waals surface area contributed by atoms with Gasteiger partial charge in [-0.25, -0.2) is 4.39 Å². The van der Waals surface area contributed by atoms with Gasteiger partial charge in [-0.1, -0.05) is 6.07 Å². The Bertz CT molecular complexity index is 572. The average Bonchev–Trinajstić information content (AvgIpc) is 2.38. The second-order valence-electron chi connectivity index (χ2n) is 4.50. The van der Waals surface area contributed by atoms with Gasteiger partial charge in [0, 0.05) is 24.0 Å². The average molecular weight is 260 g/mol. The van der Waals surface area contributed by atoms with E-state index in [-0.39, 0.29) is 11.9 Å². The standard InChI is InChI=1S/C15H17FN2O/c1-10-6-12(9-17-8-10)18-11(2)14-5-4-13(19-3)7-15(14)16/h4-9,11,18H,1-3H3. The molecule has 1 atom stereocenters. The van der Waals surface area contributed by atoms with Crippen molar-refractivity contribution in [2.45, 2.75) is 19.9 Å². The van der Waals surface area contributed by atoms with Crippen LogP contribution < -0.4 is 10.1 Å². The summed E-state index contributed by atoms with van der Waals surface area (Å²) in [6, 6.07) is 6.71. The molecule has 2 rings (SSSR count). The first-order valence-corrected chi connectivity index (χ1v) is 6.12. The van der Waals surface area contributed by atoms with Gasteiger partial charge < -0.3 is 10.1 Å². The topological polar surface area (TPSA) is 34.1 Å². The number of anilines is 1. The fourth-order valence-corrected chi connectivity index (χ4v) is 1.95. The molecule has 100 valence electrons. The summed E-state index contributed by atoms with van der Waals surface area (Å²) in [5.41, 5.74) is 2.54. The van der Waals surface area contributed by atoms with Gasteiger partial charge in [0.25, 0.3) is 0 Å². The van der Waals surface area contributed by atoms with Gasteiger partial charge in [0.2, 0.25) is 0 Å². The fourth-order valence-electron chi connectivity index (χ4n) is 1.95. The molecule has 0 fully saturated rings. The number of rotatable bonds is 4. The lowest BCUT2D eigenvalue weighted by molar-refractivity contribution is 0.410. The Kier molecular flexibility index (Phi) is 4.00. The molecule has 1 heterocycles. The molecule has 1 N–H and O–H groups in total. The Hall–Kier alpha value is -2.10. The van der Waals surface area contributed by atoms with Crippen LogP contribution in [0.2, 0.25) is 0 Å². The van der Waals surface area contributed by atoms with Gasteiger partial charge >= 0.3 is 0 Å². The third-order valence-corrected chi connectivity index (χ3v) is 2.93. The van der Waals surface area contributed by atoms with Crippen molar-refractivity contribution in [2.24, 2.45) is 0 Å². The van der Waals surface area contributed by atoms with Crippen molar-refractivity contribution in [3.8, 4) is 5.75 Å². The zero-order valence-electron chi connectivity index (χ0n) is 11.3. The third-order valence-electron chi connectivity index (χ3n) is 2.93. The Morgan fingerprint density at radius 2 is 2.05 bits per heavy atom.